The van der Waals surface area contributed by atoms with Crippen molar-refractivity contribution in [2.24, 2.45) is 0 Å². The van der Waals surface area contributed by atoms with Crippen molar-refractivity contribution in [2.75, 3.05) is 0 Å². The minimum atomic E-state index is -0.538. The van der Waals surface area contributed by atoms with Gasteiger partial charge >= 0.3 is 0 Å². The normalized spacial score (nSPS) is 19.6. The van der Waals surface area contributed by atoms with Crippen LogP contribution in [0.4, 0.5) is 0 Å². The lowest BCUT2D eigenvalue weighted by molar-refractivity contribution is 0.195. The zero-order valence-electron chi connectivity index (χ0n) is 13.6. The summed E-state index contributed by atoms with van der Waals surface area (Å²) in [5.74, 6) is 0.889. The maximum absolute atomic E-state index is 6.47. The Morgan fingerprint density at radius 3 is 1.76 bits per heavy atom. The molecule has 0 N–H and O–H groups in total. The fourth-order valence-corrected chi connectivity index (χ4v) is 3.88. The second-order valence-corrected chi connectivity index (χ2v) is 7.56. The maximum Gasteiger partial charge on any atom is 0.203 e. The predicted octanol–water partition coefficient (Wildman–Crippen LogP) is 6.43. The maximum atomic E-state index is 6.47. The van der Waals surface area contributed by atoms with Gasteiger partial charge in [0.1, 0.15) is 5.76 Å². The van der Waals surface area contributed by atoms with E-state index < -0.39 is 3.61 Å². The number of hydrogen-bond donors (Lipinski definition) is 0. The van der Waals surface area contributed by atoms with Gasteiger partial charge in [0, 0.05) is 11.1 Å². The first-order valence-corrected chi connectivity index (χ1v) is 9.31. The highest BCUT2D eigenvalue weighted by atomic mass is 127. The third-order valence-corrected chi connectivity index (χ3v) is 5.37. The van der Waals surface area contributed by atoms with E-state index in [1.807, 2.05) is 30.3 Å². The molecule has 1 unspecified atom stereocenters. The van der Waals surface area contributed by atoms with Crippen molar-refractivity contribution < 1.29 is 4.74 Å². The van der Waals surface area contributed by atoms with Gasteiger partial charge in [-0.15, -0.1) is 0 Å². The minimum absolute atomic E-state index is 0.538. The van der Waals surface area contributed by atoms with Crippen molar-refractivity contribution in [1.29, 1.82) is 0 Å². The van der Waals surface area contributed by atoms with Crippen LogP contribution in [0.3, 0.4) is 0 Å². The molecule has 3 aromatic carbocycles. The lowest BCUT2D eigenvalue weighted by Gasteiger charge is -2.32. The van der Waals surface area contributed by atoms with Crippen LogP contribution in [0.15, 0.2) is 103 Å². The second-order valence-electron chi connectivity index (χ2n) is 5.95. The van der Waals surface area contributed by atoms with Gasteiger partial charge in [0.2, 0.25) is 3.61 Å². The van der Waals surface area contributed by atoms with E-state index in [0.29, 0.717) is 0 Å². The van der Waals surface area contributed by atoms with Crippen molar-refractivity contribution in [3.63, 3.8) is 0 Å². The first kappa shape index (κ1) is 16.2. The average Bonchev–Trinajstić information content (AvgIpc) is 2.70. The van der Waals surface area contributed by atoms with Crippen molar-refractivity contribution in [1.82, 2.24) is 0 Å². The third kappa shape index (κ3) is 3.40. The van der Waals surface area contributed by atoms with Gasteiger partial charge < -0.3 is 4.74 Å². The van der Waals surface area contributed by atoms with Crippen molar-refractivity contribution >= 4 is 33.9 Å². The molecule has 2 heteroatoms. The van der Waals surface area contributed by atoms with Gasteiger partial charge in [-0.2, -0.15) is 0 Å². The summed E-state index contributed by atoms with van der Waals surface area (Å²) < 4.78 is 5.93. The second kappa shape index (κ2) is 6.89. The largest absolute Gasteiger partial charge is 0.468 e. The van der Waals surface area contributed by atoms with Gasteiger partial charge in [-0.1, -0.05) is 91.0 Å². The molecule has 0 fully saturated rings. The molecule has 1 heterocycles. The predicted molar refractivity (Wildman–Crippen MR) is 112 cm³/mol. The lowest BCUT2D eigenvalue weighted by atomic mass is 9.96. The summed E-state index contributed by atoms with van der Waals surface area (Å²) in [7, 11) is 0. The smallest absolute Gasteiger partial charge is 0.203 e. The third-order valence-electron chi connectivity index (χ3n) is 4.22. The molecule has 0 saturated heterocycles. The molecule has 1 aliphatic rings. The zero-order chi connectivity index (χ0) is 17.1. The molecule has 122 valence electrons. The Labute approximate surface area is 161 Å². The highest BCUT2D eigenvalue weighted by Crippen LogP contribution is 2.45. The quantitative estimate of drug-likeness (QED) is 0.340. The number of halogens is 1. The van der Waals surface area contributed by atoms with E-state index in [4.69, 9.17) is 4.74 Å². The number of alkyl halides is 1. The monoisotopic (exact) mass is 436 g/mol. The fourth-order valence-electron chi connectivity index (χ4n) is 2.95. The van der Waals surface area contributed by atoms with Crippen LogP contribution in [0.2, 0.25) is 0 Å². The molecule has 1 aliphatic heterocycles. The summed E-state index contributed by atoms with van der Waals surface area (Å²) in [5.41, 5.74) is 4.58. The molecule has 0 amide bonds. The van der Waals surface area contributed by atoms with Gasteiger partial charge in [0.05, 0.1) is 0 Å². The number of benzene rings is 3. The first-order valence-electron chi connectivity index (χ1n) is 8.23. The minimum Gasteiger partial charge on any atom is -0.468 e. The van der Waals surface area contributed by atoms with Crippen molar-refractivity contribution in [3.05, 3.63) is 120 Å². The van der Waals surface area contributed by atoms with E-state index >= 15 is 0 Å². The van der Waals surface area contributed by atoms with Crippen LogP contribution < -0.4 is 0 Å². The van der Waals surface area contributed by atoms with Gasteiger partial charge in [0.25, 0.3) is 0 Å². The van der Waals surface area contributed by atoms with Gasteiger partial charge in [0.15, 0.2) is 0 Å². The molecule has 0 aromatic heterocycles. The summed E-state index contributed by atoms with van der Waals surface area (Å²) in [6.07, 6.45) is 4.33. The molecule has 4 rings (SSSR count). The molecule has 0 aliphatic carbocycles. The number of ether oxygens (including phenoxy) is 1. The van der Waals surface area contributed by atoms with Crippen LogP contribution >= 0.6 is 22.6 Å². The molecule has 1 nitrogen and oxygen atoms in total. The Morgan fingerprint density at radius 1 is 0.640 bits per heavy atom. The Kier molecular flexibility index (Phi) is 4.45. The molecule has 0 radical (unpaired) electrons. The van der Waals surface area contributed by atoms with Crippen LogP contribution in [0, 0.1) is 0 Å². The Balaban J connectivity index is 1.85. The van der Waals surface area contributed by atoms with Gasteiger partial charge in [-0.25, -0.2) is 0 Å². The highest BCUT2D eigenvalue weighted by Gasteiger charge is 2.33. The summed E-state index contributed by atoms with van der Waals surface area (Å²) in [6, 6.07) is 31.1. The van der Waals surface area contributed by atoms with E-state index in [-0.39, 0.29) is 0 Å². The number of allylic oxidation sites excluding steroid dienone is 2. The van der Waals surface area contributed by atoms with Crippen LogP contribution in [-0.4, -0.2) is 0 Å². The van der Waals surface area contributed by atoms with E-state index in [9.17, 15) is 0 Å². The summed E-state index contributed by atoms with van der Waals surface area (Å²) in [4.78, 5) is 0. The first-order chi connectivity index (χ1) is 12.2. The lowest BCUT2D eigenvalue weighted by Crippen LogP contribution is -2.22. The van der Waals surface area contributed by atoms with Gasteiger partial charge in [-0.3, -0.25) is 0 Å². The average molecular weight is 436 g/mol. The number of hydrogen-bond acceptors (Lipinski definition) is 1. The molecule has 25 heavy (non-hydrogen) atoms. The Hall–Kier alpha value is -2.33. The van der Waals surface area contributed by atoms with E-state index in [1.54, 1.807) is 0 Å². The van der Waals surface area contributed by atoms with E-state index in [1.165, 1.54) is 11.1 Å². The molecule has 0 bridgehead atoms. The van der Waals surface area contributed by atoms with E-state index in [2.05, 4.69) is 95.4 Å². The molecular formula is C23H17IO. The highest BCUT2D eigenvalue weighted by molar-refractivity contribution is 14.1. The standard InChI is InChI=1S/C23H17IO/c24-23(21-14-8-3-9-15-21)17-20(18-10-4-1-5-11-18)16-22(25-23)19-12-6-2-7-13-19/h1-17H. The molecule has 0 spiro atoms. The Bertz CT molecular complexity index is 914. The van der Waals surface area contributed by atoms with E-state index in [0.717, 1.165) is 16.9 Å². The summed E-state index contributed by atoms with van der Waals surface area (Å²) in [5, 5.41) is 0. The summed E-state index contributed by atoms with van der Waals surface area (Å²) >= 11 is 2.40. The molecule has 3 aromatic rings. The van der Waals surface area contributed by atoms with Crippen LogP contribution in [0.5, 0.6) is 0 Å². The molecule has 1 atom stereocenters. The fraction of sp³-hybridized carbons (Fsp3) is 0.0435. The van der Waals surface area contributed by atoms with Crippen molar-refractivity contribution in [3.8, 4) is 0 Å². The van der Waals surface area contributed by atoms with Crippen LogP contribution in [-0.2, 0) is 8.34 Å². The van der Waals surface area contributed by atoms with Crippen LogP contribution in [0.1, 0.15) is 16.7 Å². The summed E-state index contributed by atoms with van der Waals surface area (Å²) in [6.45, 7) is 0. The molecule has 0 saturated carbocycles. The Morgan fingerprint density at radius 2 is 1.16 bits per heavy atom. The zero-order valence-corrected chi connectivity index (χ0v) is 15.8. The van der Waals surface area contributed by atoms with Gasteiger partial charge in [-0.05, 0) is 45.9 Å². The SMILES string of the molecule is IC1(c2ccccc2)C=C(c2ccccc2)C=C(c2ccccc2)O1. The van der Waals surface area contributed by atoms with Crippen LogP contribution in [0.25, 0.3) is 11.3 Å². The van der Waals surface area contributed by atoms with Crippen molar-refractivity contribution in [2.45, 2.75) is 3.61 Å². The molecular weight excluding hydrogens is 419 g/mol. The number of rotatable bonds is 3. The topological polar surface area (TPSA) is 9.23 Å².